The molecule has 106 valence electrons. The molecule has 4 unspecified atom stereocenters. The first-order valence-electron chi connectivity index (χ1n) is 7.06. The van der Waals surface area contributed by atoms with Crippen molar-refractivity contribution < 1.29 is 9.59 Å². The minimum Gasteiger partial charge on any atom is -0.298 e. The topological polar surface area (TPSA) is 61.4 Å². The lowest BCUT2D eigenvalue weighted by molar-refractivity contribution is -0.136. The predicted octanol–water partition coefficient (Wildman–Crippen LogP) is 0.763. The van der Waals surface area contributed by atoms with E-state index in [1.807, 2.05) is 54.6 Å². The summed E-state index contributed by atoms with van der Waals surface area (Å²) in [6.45, 7) is 0. The van der Waals surface area contributed by atoms with Crippen molar-refractivity contribution in [2.45, 2.75) is 12.1 Å². The molecule has 0 aromatic heterocycles. The molecule has 2 heterocycles. The summed E-state index contributed by atoms with van der Waals surface area (Å²) in [6.07, 6.45) is 7.92. The zero-order chi connectivity index (χ0) is 14.4. The minimum atomic E-state index is -0.458. The molecule has 2 amide bonds. The van der Waals surface area contributed by atoms with Crippen LogP contribution in [0.25, 0.3) is 0 Å². The van der Waals surface area contributed by atoms with E-state index in [0.29, 0.717) is 5.69 Å². The molecule has 5 heteroatoms. The number of carbonyl (C=O) groups is 2. The molecule has 2 N–H and O–H groups in total. The normalized spacial score (nSPS) is 33.6. The van der Waals surface area contributed by atoms with Gasteiger partial charge in [-0.15, -0.1) is 0 Å². The summed E-state index contributed by atoms with van der Waals surface area (Å²) in [5.74, 6) is -0.541. The summed E-state index contributed by atoms with van der Waals surface area (Å²) in [5.41, 5.74) is 3.39. The molecule has 4 rings (SSSR count). The summed E-state index contributed by atoms with van der Waals surface area (Å²) in [6, 6.07) is 8.80. The highest BCUT2D eigenvalue weighted by atomic mass is 16.2. The number of hydrazine groups is 1. The van der Waals surface area contributed by atoms with Crippen LogP contribution >= 0.6 is 0 Å². The molecule has 4 atom stereocenters. The Hall–Kier alpha value is -2.40. The monoisotopic (exact) mass is 281 g/mol. The van der Waals surface area contributed by atoms with Crippen LogP contribution in [0.4, 0.5) is 5.69 Å². The maximum Gasteiger partial charge on any atom is 0.256 e. The van der Waals surface area contributed by atoms with Crippen LogP contribution in [0, 0.1) is 11.8 Å². The van der Waals surface area contributed by atoms with E-state index in [2.05, 4.69) is 10.7 Å². The lowest BCUT2D eigenvalue weighted by atomic mass is 9.83. The zero-order valence-electron chi connectivity index (χ0n) is 11.3. The third kappa shape index (κ3) is 1.81. The van der Waals surface area contributed by atoms with E-state index in [-0.39, 0.29) is 29.7 Å². The molecule has 0 bridgehead atoms. The van der Waals surface area contributed by atoms with Gasteiger partial charge < -0.3 is 0 Å². The highest BCUT2D eigenvalue weighted by molar-refractivity contribution is 6.06. The number of nitrogens with zero attached hydrogens (tertiary/aromatic N) is 1. The molecule has 5 nitrogen and oxygen atoms in total. The first-order valence-corrected chi connectivity index (χ1v) is 7.06. The van der Waals surface area contributed by atoms with Crippen molar-refractivity contribution in [1.82, 2.24) is 10.7 Å². The van der Waals surface area contributed by atoms with E-state index in [0.717, 1.165) is 0 Å². The Morgan fingerprint density at radius 2 is 1.76 bits per heavy atom. The summed E-state index contributed by atoms with van der Waals surface area (Å²) in [7, 11) is 0. The van der Waals surface area contributed by atoms with Crippen molar-refractivity contribution in [3.05, 3.63) is 54.6 Å². The Labute approximate surface area is 122 Å². The van der Waals surface area contributed by atoms with E-state index >= 15 is 0 Å². The standard InChI is InChI=1S/C16H15N3O2/c20-15-14-13(11-8-4-5-9-12(11)17-14)16(21)19(18-15)10-6-2-1-3-7-10/h1-9,11-14,17H,(H,18,20). The number of benzene rings is 1. The van der Waals surface area contributed by atoms with Gasteiger partial charge in [-0.1, -0.05) is 42.5 Å². The van der Waals surface area contributed by atoms with E-state index in [1.165, 1.54) is 5.01 Å². The van der Waals surface area contributed by atoms with Crippen molar-refractivity contribution in [3.63, 3.8) is 0 Å². The van der Waals surface area contributed by atoms with E-state index < -0.39 is 6.04 Å². The van der Waals surface area contributed by atoms with Crippen molar-refractivity contribution in [1.29, 1.82) is 0 Å². The van der Waals surface area contributed by atoms with Crippen LogP contribution < -0.4 is 15.8 Å². The Kier molecular flexibility index (Phi) is 2.68. The zero-order valence-corrected chi connectivity index (χ0v) is 11.3. The third-order valence-corrected chi connectivity index (χ3v) is 4.35. The molecule has 2 aliphatic heterocycles. The fourth-order valence-corrected chi connectivity index (χ4v) is 3.37. The smallest absolute Gasteiger partial charge is 0.256 e. The highest BCUT2D eigenvalue weighted by Crippen LogP contribution is 2.35. The SMILES string of the molecule is O=C1NN(c2ccccc2)C(=O)C2C1NC1C=CC=CC12. The Bertz CT molecular complexity index is 653. The molecule has 1 aromatic rings. The largest absolute Gasteiger partial charge is 0.298 e. The average molecular weight is 281 g/mol. The quantitative estimate of drug-likeness (QED) is 0.799. The van der Waals surface area contributed by atoms with Crippen LogP contribution in [0.3, 0.4) is 0 Å². The second kappa shape index (κ2) is 4.56. The first kappa shape index (κ1) is 12.3. The second-order valence-corrected chi connectivity index (χ2v) is 5.53. The van der Waals surface area contributed by atoms with Crippen LogP contribution in [0.15, 0.2) is 54.6 Å². The number of fused-ring (bicyclic) bond motifs is 3. The van der Waals surface area contributed by atoms with E-state index in [4.69, 9.17) is 0 Å². The highest BCUT2D eigenvalue weighted by Gasteiger charge is 2.53. The second-order valence-electron chi connectivity index (χ2n) is 5.53. The molecule has 3 aliphatic rings. The van der Waals surface area contributed by atoms with Crippen LogP contribution in [0.1, 0.15) is 0 Å². The maximum atomic E-state index is 12.8. The fourth-order valence-electron chi connectivity index (χ4n) is 3.37. The van der Waals surface area contributed by atoms with Gasteiger partial charge in [0.05, 0.1) is 11.6 Å². The Balaban J connectivity index is 1.71. The molecule has 0 saturated carbocycles. The molecular formula is C16H15N3O2. The van der Waals surface area contributed by atoms with E-state index in [1.54, 1.807) is 0 Å². The number of rotatable bonds is 1. The number of hydrogen-bond acceptors (Lipinski definition) is 3. The van der Waals surface area contributed by atoms with E-state index in [9.17, 15) is 9.59 Å². The van der Waals surface area contributed by atoms with Gasteiger partial charge in [-0.25, -0.2) is 5.01 Å². The van der Waals surface area contributed by atoms with Crippen molar-refractivity contribution in [2.75, 3.05) is 5.01 Å². The lowest BCUT2D eigenvalue weighted by Crippen LogP contribution is -2.63. The van der Waals surface area contributed by atoms with Gasteiger partial charge in [-0.3, -0.25) is 20.3 Å². The molecule has 0 spiro atoms. The van der Waals surface area contributed by atoms with Crippen LogP contribution in [0.2, 0.25) is 0 Å². The minimum absolute atomic E-state index is 0.0322. The molecule has 1 aromatic carbocycles. The lowest BCUT2D eigenvalue weighted by Gasteiger charge is -2.35. The van der Waals surface area contributed by atoms with Crippen LogP contribution in [-0.2, 0) is 9.59 Å². The summed E-state index contributed by atoms with van der Waals surface area (Å²) in [4.78, 5) is 25.2. The number of allylic oxidation sites excluding steroid dienone is 2. The van der Waals surface area contributed by atoms with Crippen LogP contribution in [0.5, 0.6) is 0 Å². The maximum absolute atomic E-state index is 12.8. The van der Waals surface area contributed by atoms with Gasteiger partial charge in [-0.05, 0) is 12.1 Å². The molecule has 2 fully saturated rings. The summed E-state index contributed by atoms with van der Waals surface area (Å²) in [5, 5.41) is 4.62. The van der Waals surface area contributed by atoms with Gasteiger partial charge in [0.25, 0.3) is 11.8 Å². The van der Waals surface area contributed by atoms with Gasteiger partial charge in [0, 0.05) is 12.0 Å². The summed E-state index contributed by atoms with van der Waals surface area (Å²) < 4.78 is 0. The van der Waals surface area contributed by atoms with Gasteiger partial charge in [-0.2, -0.15) is 0 Å². The fraction of sp³-hybridized carbons (Fsp3) is 0.250. The molecule has 0 radical (unpaired) electrons. The Morgan fingerprint density at radius 3 is 2.57 bits per heavy atom. The number of hydrogen-bond donors (Lipinski definition) is 2. The molecule has 21 heavy (non-hydrogen) atoms. The van der Waals surface area contributed by atoms with Crippen molar-refractivity contribution >= 4 is 17.5 Å². The first-order chi connectivity index (χ1) is 10.3. The van der Waals surface area contributed by atoms with Crippen molar-refractivity contribution in [3.8, 4) is 0 Å². The number of para-hydroxylation sites is 1. The van der Waals surface area contributed by atoms with Gasteiger partial charge in [0.15, 0.2) is 0 Å². The number of carbonyl (C=O) groups excluding carboxylic acids is 2. The molecule has 2 saturated heterocycles. The average Bonchev–Trinajstić information content (AvgIpc) is 2.92. The third-order valence-electron chi connectivity index (χ3n) is 4.35. The molecular weight excluding hydrogens is 266 g/mol. The van der Waals surface area contributed by atoms with Gasteiger partial charge in [0.2, 0.25) is 0 Å². The van der Waals surface area contributed by atoms with Gasteiger partial charge >= 0.3 is 0 Å². The predicted molar refractivity (Wildman–Crippen MR) is 78.0 cm³/mol. The van der Waals surface area contributed by atoms with Crippen LogP contribution in [-0.4, -0.2) is 23.9 Å². The summed E-state index contributed by atoms with van der Waals surface area (Å²) >= 11 is 0. The van der Waals surface area contributed by atoms with Gasteiger partial charge in [0.1, 0.15) is 6.04 Å². The Morgan fingerprint density at radius 1 is 1.00 bits per heavy atom. The van der Waals surface area contributed by atoms with Crippen molar-refractivity contribution in [2.24, 2.45) is 11.8 Å². The molecule has 1 aliphatic carbocycles. The number of anilines is 1. The number of amides is 2. The number of nitrogens with one attached hydrogen (secondary N) is 2.